The fourth-order valence-corrected chi connectivity index (χ4v) is 2.32. The SMILES string of the molecule is CCCC(C)C(CCC)CCC(C)C. The van der Waals surface area contributed by atoms with Crippen LogP contribution in [0.4, 0.5) is 0 Å². The monoisotopic (exact) mass is 198 g/mol. The average molecular weight is 198 g/mol. The van der Waals surface area contributed by atoms with Crippen LogP contribution in [0.2, 0.25) is 0 Å². The van der Waals surface area contributed by atoms with Gasteiger partial charge in [0.2, 0.25) is 0 Å². The molecule has 0 saturated heterocycles. The molecular weight excluding hydrogens is 168 g/mol. The smallest absolute Gasteiger partial charge is 0.0388 e. The van der Waals surface area contributed by atoms with Crippen molar-refractivity contribution in [2.45, 2.75) is 73.1 Å². The molecule has 0 spiro atoms. The third-order valence-electron chi connectivity index (χ3n) is 3.32. The summed E-state index contributed by atoms with van der Waals surface area (Å²) in [5.74, 6) is 2.81. The minimum absolute atomic E-state index is 0.878. The highest BCUT2D eigenvalue weighted by Crippen LogP contribution is 2.27. The van der Waals surface area contributed by atoms with Crippen molar-refractivity contribution in [3.63, 3.8) is 0 Å². The molecule has 0 heteroatoms. The Labute approximate surface area is 91.5 Å². The van der Waals surface area contributed by atoms with E-state index < -0.39 is 0 Å². The van der Waals surface area contributed by atoms with Crippen molar-refractivity contribution in [2.75, 3.05) is 0 Å². The van der Waals surface area contributed by atoms with Gasteiger partial charge in [0.1, 0.15) is 0 Å². The van der Waals surface area contributed by atoms with Crippen LogP contribution in [0.5, 0.6) is 0 Å². The van der Waals surface area contributed by atoms with Gasteiger partial charge in [-0.1, -0.05) is 66.7 Å². The Morgan fingerprint density at radius 3 is 1.71 bits per heavy atom. The first-order chi connectivity index (χ1) is 6.61. The lowest BCUT2D eigenvalue weighted by molar-refractivity contribution is 0.277. The summed E-state index contributed by atoms with van der Waals surface area (Å²) in [7, 11) is 0. The fourth-order valence-electron chi connectivity index (χ4n) is 2.32. The molecule has 14 heavy (non-hydrogen) atoms. The molecule has 0 saturated carbocycles. The van der Waals surface area contributed by atoms with Gasteiger partial charge in [0.15, 0.2) is 0 Å². The normalized spacial score (nSPS) is 15.9. The summed E-state index contributed by atoms with van der Waals surface area (Å²) in [5, 5.41) is 0. The van der Waals surface area contributed by atoms with E-state index in [1.807, 2.05) is 0 Å². The molecule has 0 nitrogen and oxygen atoms in total. The molecule has 0 aromatic rings. The zero-order valence-corrected chi connectivity index (χ0v) is 11.0. The zero-order valence-electron chi connectivity index (χ0n) is 11.0. The summed E-state index contributed by atoms with van der Waals surface area (Å²) < 4.78 is 0. The fraction of sp³-hybridized carbons (Fsp3) is 1.00. The van der Waals surface area contributed by atoms with Gasteiger partial charge in [-0.05, 0) is 24.2 Å². The van der Waals surface area contributed by atoms with E-state index in [0.717, 1.165) is 17.8 Å². The lowest BCUT2D eigenvalue weighted by Crippen LogP contribution is -2.12. The lowest BCUT2D eigenvalue weighted by atomic mass is 9.82. The van der Waals surface area contributed by atoms with E-state index in [9.17, 15) is 0 Å². The first-order valence-corrected chi connectivity index (χ1v) is 6.61. The van der Waals surface area contributed by atoms with Crippen molar-refractivity contribution in [3.05, 3.63) is 0 Å². The molecule has 0 radical (unpaired) electrons. The van der Waals surface area contributed by atoms with Crippen molar-refractivity contribution < 1.29 is 0 Å². The van der Waals surface area contributed by atoms with Gasteiger partial charge in [-0.3, -0.25) is 0 Å². The van der Waals surface area contributed by atoms with Crippen LogP contribution in [0.25, 0.3) is 0 Å². The first kappa shape index (κ1) is 14.0. The van der Waals surface area contributed by atoms with E-state index in [4.69, 9.17) is 0 Å². The molecule has 0 bridgehead atoms. The van der Waals surface area contributed by atoms with Crippen molar-refractivity contribution in [3.8, 4) is 0 Å². The molecule has 86 valence electrons. The summed E-state index contributed by atoms with van der Waals surface area (Å²) in [6, 6.07) is 0. The Hall–Kier alpha value is 0. The standard InChI is InChI=1S/C14H30/c1-6-8-13(5)14(9-7-2)11-10-12(3)4/h12-14H,6-11H2,1-5H3. The maximum Gasteiger partial charge on any atom is -0.0388 e. The maximum absolute atomic E-state index is 2.45. The predicted molar refractivity (Wildman–Crippen MR) is 66.5 cm³/mol. The van der Waals surface area contributed by atoms with E-state index in [2.05, 4.69) is 34.6 Å². The first-order valence-electron chi connectivity index (χ1n) is 6.61. The van der Waals surface area contributed by atoms with Crippen LogP contribution >= 0.6 is 0 Å². The molecule has 2 unspecified atom stereocenters. The van der Waals surface area contributed by atoms with E-state index in [0.29, 0.717) is 0 Å². The van der Waals surface area contributed by atoms with Crippen molar-refractivity contribution in [2.24, 2.45) is 17.8 Å². The van der Waals surface area contributed by atoms with Crippen molar-refractivity contribution in [1.82, 2.24) is 0 Å². The Morgan fingerprint density at radius 2 is 1.29 bits per heavy atom. The highest BCUT2D eigenvalue weighted by Gasteiger charge is 2.15. The molecule has 0 rings (SSSR count). The van der Waals surface area contributed by atoms with E-state index in [-0.39, 0.29) is 0 Å². The Bertz CT molecular complexity index is 115. The van der Waals surface area contributed by atoms with Crippen LogP contribution in [0, 0.1) is 17.8 Å². The van der Waals surface area contributed by atoms with E-state index in [1.165, 1.54) is 38.5 Å². The van der Waals surface area contributed by atoms with Gasteiger partial charge >= 0.3 is 0 Å². The van der Waals surface area contributed by atoms with Crippen LogP contribution in [0.15, 0.2) is 0 Å². The summed E-state index contributed by atoms with van der Waals surface area (Å²) in [6.07, 6.45) is 8.43. The molecule has 0 N–H and O–H groups in total. The van der Waals surface area contributed by atoms with Crippen molar-refractivity contribution >= 4 is 0 Å². The summed E-state index contributed by atoms with van der Waals surface area (Å²) >= 11 is 0. The summed E-state index contributed by atoms with van der Waals surface area (Å²) in [4.78, 5) is 0. The topological polar surface area (TPSA) is 0 Å². The van der Waals surface area contributed by atoms with Crippen molar-refractivity contribution in [1.29, 1.82) is 0 Å². The molecule has 0 fully saturated rings. The average Bonchev–Trinajstić information content (AvgIpc) is 2.12. The Kier molecular flexibility index (Phi) is 8.32. The van der Waals surface area contributed by atoms with E-state index in [1.54, 1.807) is 0 Å². The highest BCUT2D eigenvalue weighted by molar-refractivity contribution is 4.67. The molecule has 2 atom stereocenters. The largest absolute Gasteiger partial charge is 0.0654 e. The maximum atomic E-state index is 2.45. The second-order valence-corrected chi connectivity index (χ2v) is 5.29. The summed E-state index contributed by atoms with van der Waals surface area (Å²) in [5.41, 5.74) is 0. The second kappa shape index (κ2) is 8.32. The minimum atomic E-state index is 0.878. The molecule has 0 aliphatic carbocycles. The number of rotatable bonds is 8. The molecular formula is C14H30. The number of hydrogen-bond donors (Lipinski definition) is 0. The Morgan fingerprint density at radius 1 is 0.714 bits per heavy atom. The summed E-state index contributed by atoms with van der Waals surface area (Å²) in [6.45, 7) is 11.8. The quantitative estimate of drug-likeness (QED) is 0.498. The zero-order chi connectivity index (χ0) is 11.0. The van der Waals surface area contributed by atoms with E-state index >= 15 is 0 Å². The lowest BCUT2D eigenvalue weighted by Gasteiger charge is -2.24. The van der Waals surface area contributed by atoms with Crippen LogP contribution in [-0.4, -0.2) is 0 Å². The van der Waals surface area contributed by atoms with Gasteiger partial charge in [-0.15, -0.1) is 0 Å². The van der Waals surface area contributed by atoms with Crippen LogP contribution < -0.4 is 0 Å². The number of hydrogen-bond acceptors (Lipinski definition) is 0. The van der Waals surface area contributed by atoms with Crippen LogP contribution in [0.3, 0.4) is 0 Å². The van der Waals surface area contributed by atoms with Gasteiger partial charge in [-0.2, -0.15) is 0 Å². The third kappa shape index (κ3) is 6.45. The highest BCUT2D eigenvalue weighted by atomic mass is 14.2. The van der Waals surface area contributed by atoms with Gasteiger partial charge in [0, 0.05) is 0 Å². The second-order valence-electron chi connectivity index (χ2n) is 5.29. The predicted octanol–water partition coefficient (Wildman–Crippen LogP) is 5.28. The molecule has 0 aliphatic heterocycles. The molecule has 0 aliphatic rings. The third-order valence-corrected chi connectivity index (χ3v) is 3.32. The molecule has 0 heterocycles. The van der Waals surface area contributed by atoms with Crippen LogP contribution in [-0.2, 0) is 0 Å². The van der Waals surface area contributed by atoms with Gasteiger partial charge in [0.25, 0.3) is 0 Å². The Balaban J connectivity index is 3.86. The molecule has 0 aromatic heterocycles. The molecule has 0 aromatic carbocycles. The van der Waals surface area contributed by atoms with Gasteiger partial charge < -0.3 is 0 Å². The molecule has 0 amide bonds. The van der Waals surface area contributed by atoms with Gasteiger partial charge in [-0.25, -0.2) is 0 Å². The minimum Gasteiger partial charge on any atom is -0.0654 e. The van der Waals surface area contributed by atoms with Gasteiger partial charge in [0.05, 0.1) is 0 Å². The van der Waals surface area contributed by atoms with Crippen LogP contribution in [0.1, 0.15) is 73.1 Å².